The minimum absolute atomic E-state index is 0.353. The van der Waals surface area contributed by atoms with Crippen LogP contribution in [0.25, 0.3) is 11.6 Å². The van der Waals surface area contributed by atoms with Gasteiger partial charge in [0.1, 0.15) is 5.82 Å². The molecular formula is C12H14IN3O. The van der Waals surface area contributed by atoms with Crippen molar-refractivity contribution in [1.82, 2.24) is 9.97 Å². The van der Waals surface area contributed by atoms with Crippen molar-refractivity contribution in [2.75, 3.05) is 12.4 Å². The standard InChI is InChI=1S/C12H14IN3O/c1-7(2)10-9(13)12(14-3)16-11(15-10)8-5-4-6-17-8/h4-7H,1-3H3,(H,14,15,16). The molecule has 0 aromatic carbocycles. The molecule has 0 fully saturated rings. The Morgan fingerprint density at radius 2 is 2.12 bits per heavy atom. The SMILES string of the molecule is CNc1nc(-c2ccco2)nc(C(C)C)c1I. The van der Waals surface area contributed by atoms with Crippen LogP contribution in [0.3, 0.4) is 0 Å². The van der Waals surface area contributed by atoms with Crippen LogP contribution < -0.4 is 5.32 Å². The van der Waals surface area contributed by atoms with Gasteiger partial charge in [0.2, 0.25) is 0 Å². The summed E-state index contributed by atoms with van der Waals surface area (Å²) in [6.07, 6.45) is 1.63. The van der Waals surface area contributed by atoms with Crippen LogP contribution in [0.1, 0.15) is 25.5 Å². The van der Waals surface area contributed by atoms with Gasteiger partial charge in [-0.2, -0.15) is 0 Å². The Bertz CT molecular complexity index is 509. The molecule has 2 aromatic rings. The lowest BCUT2D eigenvalue weighted by Gasteiger charge is -2.12. The highest BCUT2D eigenvalue weighted by Crippen LogP contribution is 2.28. The Balaban J connectivity index is 2.59. The van der Waals surface area contributed by atoms with Crippen molar-refractivity contribution in [2.45, 2.75) is 19.8 Å². The van der Waals surface area contributed by atoms with Crippen LogP contribution in [-0.2, 0) is 0 Å². The van der Waals surface area contributed by atoms with Crippen molar-refractivity contribution < 1.29 is 4.42 Å². The second-order valence-corrected chi connectivity index (χ2v) is 5.06. The van der Waals surface area contributed by atoms with Gasteiger partial charge in [0.25, 0.3) is 0 Å². The van der Waals surface area contributed by atoms with Gasteiger partial charge in [-0.3, -0.25) is 0 Å². The molecule has 2 heterocycles. The molecule has 0 aliphatic carbocycles. The van der Waals surface area contributed by atoms with E-state index in [0.717, 1.165) is 15.1 Å². The predicted octanol–water partition coefficient (Wildman–Crippen LogP) is 3.51. The van der Waals surface area contributed by atoms with Gasteiger partial charge in [0.05, 0.1) is 15.5 Å². The molecule has 0 bridgehead atoms. The first kappa shape index (κ1) is 12.3. The van der Waals surface area contributed by atoms with Gasteiger partial charge in [0.15, 0.2) is 11.6 Å². The molecule has 0 aliphatic rings. The molecule has 0 spiro atoms. The van der Waals surface area contributed by atoms with E-state index in [2.05, 4.69) is 51.7 Å². The fourth-order valence-electron chi connectivity index (χ4n) is 1.53. The zero-order valence-electron chi connectivity index (χ0n) is 9.99. The number of furan rings is 1. The monoisotopic (exact) mass is 343 g/mol. The van der Waals surface area contributed by atoms with Gasteiger partial charge in [-0.15, -0.1) is 0 Å². The maximum Gasteiger partial charge on any atom is 0.197 e. The zero-order chi connectivity index (χ0) is 12.4. The second-order valence-electron chi connectivity index (χ2n) is 3.98. The fourth-order valence-corrected chi connectivity index (χ4v) is 2.66. The van der Waals surface area contributed by atoms with Gasteiger partial charge < -0.3 is 9.73 Å². The largest absolute Gasteiger partial charge is 0.461 e. The molecule has 4 nitrogen and oxygen atoms in total. The van der Waals surface area contributed by atoms with Crippen LogP contribution >= 0.6 is 22.6 Å². The van der Waals surface area contributed by atoms with Gasteiger partial charge in [-0.25, -0.2) is 9.97 Å². The number of halogens is 1. The Morgan fingerprint density at radius 1 is 1.35 bits per heavy atom. The first-order valence-electron chi connectivity index (χ1n) is 5.42. The Kier molecular flexibility index (Phi) is 3.66. The third kappa shape index (κ3) is 2.43. The number of hydrogen-bond donors (Lipinski definition) is 1. The molecule has 2 rings (SSSR count). The number of hydrogen-bond acceptors (Lipinski definition) is 4. The van der Waals surface area contributed by atoms with Gasteiger partial charge in [-0.05, 0) is 40.6 Å². The summed E-state index contributed by atoms with van der Waals surface area (Å²) < 4.78 is 6.40. The molecule has 5 heteroatoms. The lowest BCUT2D eigenvalue weighted by Crippen LogP contribution is -2.06. The van der Waals surface area contributed by atoms with Crippen LogP contribution in [0.2, 0.25) is 0 Å². The summed E-state index contributed by atoms with van der Waals surface area (Å²) >= 11 is 2.27. The van der Waals surface area contributed by atoms with Crippen LogP contribution in [0.15, 0.2) is 22.8 Å². The van der Waals surface area contributed by atoms with E-state index in [-0.39, 0.29) is 0 Å². The predicted molar refractivity (Wildman–Crippen MR) is 76.1 cm³/mol. The second kappa shape index (κ2) is 5.03. The lowest BCUT2D eigenvalue weighted by molar-refractivity contribution is 0.576. The molecule has 0 atom stereocenters. The summed E-state index contributed by atoms with van der Waals surface area (Å²) in [4.78, 5) is 9.02. The average Bonchev–Trinajstić information content (AvgIpc) is 2.82. The highest BCUT2D eigenvalue weighted by molar-refractivity contribution is 14.1. The molecule has 17 heavy (non-hydrogen) atoms. The van der Waals surface area contributed by atoms with E-state index in [0.29, 0.717) is 17.5 Å². The van der Waals surface area contributed by atoms with Crippen LogP contribution in [0.4, 0.5) is 5.82 Å². The van der Waals surface area contributed by atoms with E-state index in [9.17, 15) is 0 Å². The minimum Gasteiger partial charge on any atom is -0.461 e. The fraction of sp³-hybridized carbons (Fsp3) is 0.333. The molecule has 2 aromatic heterocycles. The molecule has 1 N–H and O–H groups in total. The average molecular weight is 343 g/mol. The highest BCUT2D eigenvalue weighted by atomic mass is 127. The topological polar surface area (TPSA) is 51.0 Å². The van der Waals surface area contributed by atoms with Gasteiger partial charge in [0, 0.05) is 7.05 Å². The van der Waals surface area contributed by atoms with E-state index >= 15 is 0 Å². The van der Waals surface area contributed by atoms with Crippen LogP contribution in [0, 0.1) is 3.57 Å². The van der Waals surface area contributed by atoms with Crippen molar-refractivity contribution in [3.63, 3.8) is 0 Å². The number of anilines is 1. The van der Waals surface area contributed by atoms with E-state index in [1.165, 1.54) is 0 Å². The summed E-state index contributed by atoms with van der Waals surface area (Å²) in [7, 11) is 1.86. The summed E-state index contributed by atoms with van der Waals surface area (Å²) in [5.41, 5.74) is 1.04. The summed E-state index contributed by atoms with van der Waals surface area (Å²) in [6, 6.07) is 3.70. The van der Waals surface area contributed by atoms with Crippen molar-refractivity contribution in [2.24, 2.45) is 0 Å². The number of rotatable bonds is 3. The smallest absolute Gasteiger partial charge is 0.197 e. The Morgan fingerprint density at radius 3 is 2.65 bits per heavy atom. The van der Waals surface area contributed by atoms with E-state index < -0.39 is 0 Å². The first-order chi connectivity index (χ1) is 8.13. The maximum atomic E-state index is 5.34. The molecule has 0 unspecified atom stereocenters. The lowest BCUT2D eigenvalue weighted by atomic mass is 10.1. The quantitative estimate of drug-likeness (QED) is 0.867. The van der Waals surface area contributed by atoms with E-state index in [1.54, 1.807) is 6.26 Å². The number of nitrogens with one attached hydrogen (secondary N) is 1. The summed E-state index contributed by atoms with van der Waals surface area (Å²) in [5.74, 6) is 2.52. The Labute approximate surface area is 114 Å². The molecule has 0 radical (unpaired) electrons. The molecule has 0 amide bonds. The molecular weight excluding hydrogens is 329 g/mol. The third-order valence-electron chi connectivity index (χ3n) is 2.40. The zero-order valence-corrected chi connectivity index (χ0v) is 12.1. The first-order valence-corrected chi connectivity index (χ1v) is 6.50. The van der Waals surface area contributed by atoms with Gasteiger partial charge >= 0.3 is 0 Å². The van der Waals surface area contributed by atoms with Crippen molar-refractivity contribution in [1.29, 1.82) is 0 Å². The summed E-state index contributed by atoms with van der Waals surface area (Å²) in [6.45, 7) is 4.24. The number of aromatic nitrogens is 2. The molecule has 90 valence electrons. The normalized spacial score (nSPS) is 10.9. The van der Waals surface area contributed by atoms with Gasteiger partial charge in [-0.1, -0.05) is 13.8 Å². The van der Waals surface area contributed by atoms with Crippen molar-refractivity contribution >= 4 is 28.4 Å². The number of nitrogens with zero attached hydrogens (tertiary/aromatic N) is 2. The minimum atomic E-state index is 0.353. The van der Waals surface area contributed by atoms with Crippen LogP contribution in [-0.4, -0.2) is 17.0 Å². The molecule has 0 saturated carbocycles. The molecule has 0 aliphatic heterocycles. The maximum absolute atomic E-state index is 5.34. The summed E-state index contributed by atoms with van der Waals surface area (Å²) in [5, 5.41) is 3.09. The van der Waals surface area contributed by atoms with Crippen molar-refractivity contribution in [3.8, 4) is 11.6 Å². The van der Waals surface area contributed by atoms with E-state index in [1.807, 2.05) is 19.2 Å². The molecule has 0 saturated heterocycles. The van der Waals surface area contributed by atoms with Crippen molar-refractivity contribution in [3.05, 3.63) is 27.7 Å². The highest BCUT2D eigenvalue weighted by Gasteiger charge is 2.16. The Hall–Kier alpha value is -1.11. The third-order valence-corrected chi connectivity index (χ3v) is 3.47. The van der Waals surface area contributed by atoms with E-state index in [4.69, 9.17) is 4.42 Å². The van der Waals surface area contributed by atoms with Crippen LogP contribution in [0.5, 0.6) is 0 Å².